The molecule has 4 aromatic carbocycles. The zero-order valence-corrected chi connectivity index (χ0v) is 32.4. The van der Waals surface area contributed by atoms with E-state index in [1.807, 2.05) is 4.68 Å². The average molecular weight is 819 g/mol. The van der Waals surface area contributed by atoms with Gasteiger partial charge < -0.3 is 14.5 Å². The van der Waals surface area contributed by atoms with Crippen LogP contribution in [0.25, 0.3) is 5.69 Å². The maximum absolute atomic E-state index is 6.73. The van der Waals surface area contributed by atoms with Gasteiger partial charge >= 0.3 is 0 Å². The van der Waals surface area contributed by atoms with E-state index in [9.17, 15) is 0 Å². The summed E-state index contributed by atoms with van der Waals surface area (Å²) in [4.78, 5) is 4.33. The fourth-order valence-electron chi connectivity index (χ4n) is 6.63. The van der Waals surface area contributed by atoms with Crippen LogP contribution in [0, 0.1) is 32.6 Å². The fraction of sp³-hybridized carbons (Fsp3) is 0.333. The number of hydrogen-bond donors (Lipinski definition) is 0. The van der Waals surface area contributed by atoms with Crippen molar-refractivity contribution in [2.24, 2.45) is 0 Å². The second-order valence-electron chi connectivity index (χ2n) is 15.4. The number of fused-ring (bicyclic) bond motifs is 1. The Balaban J connectivity index is 0.00000451. The second-order valence-corrected chi connectivity index (χ2v) is 15.4. The Bertz CT molecular complexity index is 1930. The molecule has 6 rings (SSSR count). The number of benzene rings is 4. The van der Waals surface area contributed by atoms with E-state index in [0.29, 0.717) is 11.5 Å². The van der Waals surface area contributed by atoms with E-state index in [4.69, 9.17) is 9.84 Å². The van der Waals surface area contributed by atoms with Gasteiger partial charge in [-0.15, -0.1) is 53.2 Å². The van der Waals surface area contributed by atoms with Gasteiger partial charge in [0.1, 0.15) is 0 Å². The molecule has 5 nitrogen and oxygen atoms in total. The third-order valence-electron chi connectivity index (χ3n) is 9.32. The Labute approximate surface area is 302 Å². The first kappa shape index (κ1) is 35.5. The molecular weight excluding hydrogens is 772 g/mol. The number of nitrogens with zero attached hydrogens (tertiary/aromatic N) is 4. The summed E-state index contributed by atoms with van der Waals surface area (Å²) < 4.78 is 8.77. The van der Waals surface area contributed by atoms with Crippen molar-refractivity contribution >= 4 is 17.1 Å². The molecule has 1 aliphatic rings. The number of hydrogen-bond acceptors (Lipinski definition) is 4. The van der Waals surface area contributed by atoms with Crippen LogP contribution in [0.2, 0.25) is 0 Å². The molecule has 0 saturated carbocycles. The molecule has 1 aliphatic heterocycles. The van der Waals surface area contributed by atoms with E-state index in [2.05, 4.69) is 184 Å². The van der Waals surface area contributed by atoms with Gasteiger partial charge in [0.05, 0.1) is 5.69 Å². The van der Waals surface area contributed by atoms with Crippen LogP contribution < -0.4 is 14.5 Å². The Morgan fingerprint density at radius 1 is 0.667 bits per heavy atom. The molecule has 1 aromatic heterocycles. The predicted octanol–water partition coefficient (Wildman–Crippen LogP) is 10.5. The largest absolute Gasteiger partial charge is 0.509 e. The van der Waals surface area contributed by atoms with Crippen LogP contribution in [0.1, 0.15) is 89.0 Å². The molecule has 254 valence electrons. The Kier molecular flexibility index (Phi) is 9.53. The fourth-order valence-corrected chi connectivity index (χ4v) is 6.63. The van der Waals surface area contributed by atoms with Gasteiger partial charge in [0.2, 0.25) is 0 Å². The summed E-state index contributed by atoms with van der Waals surface area (Å²) in [5.74, 6) is 1.29. The maximum atomic E-state index is 6.73. The standard InChI is InChI=1S/C42H47N4O.Pt/c1-28-39(42(9,10)30-17-13-12-14-18-30)29(2)46(43-28)34-22-32(41(6,7)8)24-36(26-34)47-35-23-31(40(3,4)5)21-33(25-35)45-27-44(11)37-19-15-16-20-38(37)45;/h12-24,27H,1-11H3;/q-3;. The molecule has 0 amide bonds. The maximum Gasteiger partial charge on any atom is 0.0640 e. The van der Waals surface area contributed by atoms with Crippen molar-refractivity contribution in [2.45, 2.75) is 85.5 Å². The van der Waals surface area contributed by atoms with E-state index in [1.54, 1.807) is 0 Å². The van der Waals surface area contributed by atoms with Crippen LogP contribution in [-0.4, -0.2) is 16.8 Å². The molecule has 0 saturated heterocycles. The third-order valence-corrected chi connectivity index (χ3v) is 9.32. The molecule has 0 radical (unpaired) electrons. The third kappa shape index (κ3) is 6.72. The summed E-state index contributed by atoms with van der Waals surface area (Å²) in [7, 11) is 2.07. The molecule has 48 heavy (non-hydrogen) atoms. The smallest absolute Gasteiger partial charge is 0.0640 e. The molecular formula is C42H47N4OPt-3. The minimum Gasteiger partial charge on any atom is -0.509 e. The molecule has 0 bridgehead atoms. The van der Waals surface area contributed by atoms with Crippen LogP contribution >= 0.6 is 0 Å². The van der Waals surface area contributed by atoms with E-state index in [-0.39, 0.29) is 37.3 Å². The van der Waals surface area contributed by atoms with Crippen LogP contribution in [-0.2, 0) is 37.3 Å². The quantitative estimate of drug-likeness (QED) is 0.160. The first-order chi connectivity index (χ1) is 22.0. The normalized spacial score (nSPS) is 13.4. The van der Waals surface area contributed by atoms with E-state index < -0.39 is 0 Å². The minimum absolute atomic E-state index is 0. The van der Waals surface area contributed by atoms with Crippen molar-refractivity contribution in [1.82, 2.24) is 9.78 Å². The summed E-state index contributed by atoms with van der Waals surface area (Å²) in [6.45, 7) is 24.3. The summed E-state index contributed by atoms with van der Waals surface area (Å²) in [6, 6.07) is 34.9. The number of aromatic nitrogens is 2. The van der Waals surface area contributed by atoms with Crippen LogP contribution in [0.3, 0.4) is 0 Å². The van der Waals surface area contributed by atoms with Crippen molar-refractivity contribution in [3.8, 4) is 17.2 Å². The monoisotopic (exact) mass is 818 g/mol. The van der Waals surface area contributed by atoms with Crippen molar-refractivity contribution < 1.29 is 25.8 Å². The van der Waals surface area contributed by atoms with Gasteiger partial charge in [0, 0.05) is 60.6 Å². The molecule has 0 aliphatic carbocycles. The van der Waals surface area contributed by atoms with Crippen molar-refractivity contribution in [2.75, 3.05) is 16.8 Å². The van der Waals surface area contributed by atoms with Gasteiger partial charge in [-0.25, -0.2) is 0 Å². The molecule has 0 fully saturated rings. The van der Waals surface area contributed by atoms with Gasteiger partial charge in [-0.05, 0) is 55.1 Å². The zero-order chi connectivity index (χ0) is 33.9. The molecule has 5 aromatic rings. The molecule has 6 heteroatoms. The van der Waals surface area contributed by atoms with Gasteiger partial charge in [0.25, 0.3) is 0 Å². The first-order valence-electron chi connectivity index (χ1n) is 16.5. The number of anilines is 3. The van der Waals surface area contributed by atoms with Crippen molar-refractivity contribution in [3.63, 3.8) is 0 Å². The van der Waals surface area contributed by atoms with E-state index in [1.165, 1.54) is 16.7 Å². The number of rotatable bonds is 6. The van der Waals surface area contributed by atoms with Crippen LogP contribution in [0.4, 0.5) is 17.1 Å². The number of aryl methyl sites for hydroxylation is 1. The summed E-state index contributed by atoms with van der Waals surface area (Å²) in [5, 5.41) is 5.09. The summed E-state index contributed by atoms with van der Waals surface area (Å²) in [6.07, 6.45) is 0. The number of ether oxygens (including phenoxy) is 1. The molecule has 0 unspecified atom stereocenters. The van der Waals surface area contributed by atoms with Gasteiger partial charge in [-0.2, -0.15) is 11.8 Å². The Morgan fingerprint density at radius 2 is 1.19 bits per heavy atom. The second kappa shape index (κ2) is 12.9. The van der Waals surface area contributed by atoms with Gasteiger partial charge in [-0.3, -0.25) is 4.68 Å². The van der Waals surface area contributed by atoms with Gasteiger partial charge in [0.15, 0.2) is 0 Å². The molecule has 0 atom stereocenters. The predicted molar refractivity (Wildman–Crippen MR) is 194 cm³/mol. The molecule has 0 N–H and O–H groups in total. The van der Waals surface area contributed by atoms with E-state index in [0.717, 1.165) is 39.7 Å². The first-order valence-corrected chi connectivity index (χ1v) is 16.5. The SMILES string of the molecule is Cc1nn(-c2[c-]c(Oc3[c-]c(N4[CH-]N(C)c5ccccc54)cc(C(C)(C)C)c3)cc(C(C)(C)C)c2)c(C)c1C(C)(C)c1ccccc1.[Pt]. The Morgan fingerprint density at radius 3 is 1.77 bits per heavy atom. The summed E-state index contributed by atoms with van der Waals surface area (Å²) >= 11 is 0. The van der Waals surface area contributed by atoms with Crippen molar-refractivity contribution in [3.05, 3.63) is 131 Å². The van der Waals surface area contributed by atoms with Crippen molar-refractivity contribution in [1.29, 1.82) is 0 Å². The van der Waals surface area contributed by atoms with Gasteiger partial charge in [-0.1, -0.05) is 97.9 Å². The van der Waals surface area contributed by atoms with Crippen LogP contribution in [0.5, 0.6) is 11.5 Å². The van der Waals surface area contributed by atoms with E-state index >= 15 is 0 Å². The topological polar surface area (TPSA) is 33.5 Å². The van der Waals surface area contributed by atoms with Crippen LogP contribution in [0.15, 0.2) is 78.9 Å². The molecule has 2 heterocycles. The average Bonchev–Trinajstić information content (AvgIpc) is 3.51. The molecule has 0 spiro atoms. The minimum atomic E-state index is -0.216. The zero-order valence-electron chi connectivity index (χ0n) is 30.1. The summed E-state index contributed by atoms with van der Waals surface area (Å²) in [5.41, 5.74) is 10.5. The Hall–Kier alpha value is -3.82. The number of para-hydroxylation sites is 2.